The van der Waals surface area contributed by atoms with Crippen molar-refractivity contribution in [2.24, 2.45) is 17.3 Å². The number of ether oxygens (including phenoxy) is 4. The molecule has 6 heteroatoms. The van der Waals surface area contributed by atoms with E-state index in [1.54, 1.807) is 0 Å². The lowest BCUT2D eigenvalue weighted by Crippen LogP contribution is -2.73. The molecule has 10 atom stereocenters. The second-order valence-corrected chi connectivity index (χ2v) is 16.7. The van der Waals surface area contributed by atoms with E-state index in [1.165, 1.54) is 33.3 Å². The maximum Gasteiger partial charge on any atom is 0.187 e. The number of benzene rings is 1. The number of rotatable bonds is 3. The normalized spacial score (nSPS) is 45.4. The number of allylic oxidation sites excluding steroid dienone is 2. The van der Waals surface area contributed by atoms with Gasteiger partial charge in [-0.05, 0) is 115 Å². The first-order valence-electron chi connectivity index (χ1n) is 16.8. The zero-order valence-electron chi connectivity index (χ0n) is 27.4. The molecule has 0 amide bonds. The Morgan fingerprint density at radius 2 is 1.72 bits per heavy atom. The Morgan fingerprint density at radius 1 is 0.977 bits per heavy atom. The van der Waals surface area contributed by atoms with Gasteiger partial charge in [0.05, 0.1) is 29.0 Å². The molecule has 0 spiro atoms. The number of hydrogen-bond acceptors (Lipinski definition) is 5. The monoisotopic (exact) mass is 589 g/mol. The van der Waals surface area contributed by atoms with Crippen LogP contribution in [-0.2, 0) is 37.2 Å². The Labute approximate surface area is 256 Å². The highest BCUT2D eigenvalue weighted by atomic mass is 16.8. The summed E-state index contributed by atoms with van der Waals surface area (Å²) in [6.07, 6.45) is 7.88. The minimum Gasteiger partial charge on any atom is -0.387 e. The average Bonchev–Trinajstić information content (AvgIpc) is 3.27. The van der Waals surface area contributed by atoms with E-state index in [9.17, 15) is 5.11 Å². The molecular weight excluding hydrogens is 538 g/mol. The highest BCUT2D eigenvalue weighted by molar-refractivity contribution is 5.87. The molecule has 0 bridgehead atoms. The number of H-pyrrole nitrogens is 1. The Hall–Kier alpha value is -1.70. The van der Waals surface area contributed by atoms with E-state index in [0.717, 1.165) is 38.5 Å². The van der Waals surface area contributed by atoms with Crippen LogP contribution in [0.4, 0.5) is 0 Å². The molecule has 3 aliphatic heterocycles. The van der Waals surface area contributed by atoms with Gasteiger partial charge < -0.3 is 29.0 Å². The summed E-state index contributed by atoms with van der Waals surface area (Å²) in [5.74, 6) is 0.715. The Morgan fingerprint density at radius 3 is 2.44 bits per heavy atom. The standard InChI is InChI=1S/C37H51NO5/c1-20(2)9-10-21-11-13-23-24-18-22-12-14-27-35(7,36(22,8)29(24)38-25(23)17-21)16-15-28-37(27,39)19-26-30(41-28)33(3,4)43-32(40-26)31-34(5,6)42-31/h9,11,13,17,22,26-28,30-32,38-39H,10,12,14-16,18-19H2,1-8H3/t22-,26-,27?,28?,30-,31?,32-,35-,36+,37-/m0/s1. The molecular formula is C37H51NO5. The van der Waals surface area contributed by atoms with Crippen molar-refractivity contribution >= 4 is 10.9 Å². The van der Waals surface area contributed by atoms with Crippen molar-refractivity contribution in [3.8, 4) is 0 Å². The first-order valence-corrected chi connectivity index (χ1v) is 16.8. The van der Waals surface area contributed by atoms with Crippen molar-refractivity contribution in [1.29, 1.82) is 0 Å². The molecule has 6 aliphatic rings. The van der Waals surface area contributed by atoms with Gasteiger partial charge in [0.15, 0.2) is 6.29 Å². The molecule has 1 aromatic heterocycles. The molecule has 5 fully saturated rings. The Bertz CT molecular complexity index is 1500. The number of fused-ring (bicyclic) bond motifs is 10. The van der Waals surface area contributed by atoms with Crippen molar-refractivity contribution in [2.45, 2.75) is 153 Å². The van der Waals surface area contributed by atoms with E-state index in [-0.39, 0.29) is 46.8 Å². The highest BCUT2D eigenvalue weighted by Gasteiger charge is 2.71. The smallest absolute Gasteiger partial charge is 0.187 e. The van der Waals surface area contributed by atoms with Crippen LogP contribution in [0.2, 0.25) is 0 Å². The summed E-state index contributed by atoms with van der Waals surface area (Å²) >= 11 is 0. The first-order chi connectivity index (χ1) is 20.2. The third-order valence-electron chi connectivity index (χ3n) is 13.2. The van der Waals surface area contributed by atoms with Crippen molar-refractivity contribution in [3.05, 3.63) is 46.7 Å². The molecule has 0 radical (unpaired) electrons. The van der Waals surface area contributed by atoms with Crippen LogP contribution in [0.25, 0.3) is 10.9 Å². The molecule has 3 saturated heterocycles. The van der Waals surface area contributed by atoms with Crippen molar-refractivity contribution in [2.75, 3.05) is 0 Å². The Kier molecular flexibility index (Phi) is 6.00. The maximum absolute atomic E-state index is 12.9. The van der Waals surface area contributed by atoms with Crippen LogP contribution in [-0.4, -0.2) is 57.6 Å². The van der Waals surface area contributed by atoms with Crippen LogP contribution < -0.4 is 0 Å². The van der Waals surface area contributed by atoms with E-state index in [4.69, 9.17) is 18.9 Å². The summed E-state index contributed by atoms with van der Waals surface area (Å²) < 4.78 is 25.9. The zero-order valence-corrected chi connectivity index (χ0v) is 27.4. The number of aromatic amines is 1. The number of hydrogen-bond donors (Lipinski definition) is 2. The molecule has 4 heterocycles. The molecule has 234 valence electrons. The van der Waals surface area contributed by atoms with Gasteiger partial charge in [0.1, 0.15) is 12.2 Å². The van der Waals surface area contributed by atoms with E-state index < -0.39 is 17.5 Å². The molecule has 2 aromatic rings. The van der Waals surface area contributed by atoms with Gasteiger partial charge >= 0.3 is 0 Å². The van der Waals surface area contributed by atoms with Gasteiger partial charge in [0.2, 0.25) is 0 Å². The van der Waals surface area contributed by atoms with E-state index in [2.05, 4.69) is 84.6 Å². The van der Waals surface area contributed by atoms with Crippen molar-refractivity contribution < 1.29 is 24.1 Å². The number of aromatic nitrogens is 1. The second kappa shape index (κ2) is 8.97. The van der Waals surface area contributed by atoms with Crippen LogP contribution in [0.5, 0.6) is 0 Å². The maximum atomic E-state index is 12.9. The predicted molar refractivity (Wildman–Crippen MR) is 167 cm³/mol. The molecule has 2 saturated carbocycles. The van der Waals surface area contributed by atoms with Crippen LogP contribution in [0.1, 0.15) is 104 Å². The van der Waals surface area contributed by atoms with Crippen molar-refractivity contribution in [3.63, 3.8) is 0 Å². The van der Waals surface area contributed by atoms with Gasteiger partial charge in [-0.3, -0.25) is 0 Å². The molecule has 8 rings (SSSR count). The van der Waals surface area contributed by atoms with Gasteiger partial charge in [0, 0.05) is 28.4 Å². The van der Waals surface area contributed by atoms with E-state index >= 15 is 0 Å². The topological polar surface area (TPSA) is 76.2 Å². The molecule has 6 nitrogen and oxygen atoms in total. The first kappa shape index (κ1) is 28.8. The minimum absolute atomic E-state index is 0.0356. The van der Waals surface area contributed by atoms with Crippen LogP contribution >= 0.6 is 0 Å². The van der Waals surface area contributed by atoms with Crippen LogP contribution in [0.3, 0.4) is 0 Å². The fraction of sp³-hybridized carbons (Fsp3) is 0.730. The molecule has 2 N–H and O–H groups in total. The molecule has 3 unspecified atom stereocenters. The quantitative estimate of drug-likeness (QED) is 0.301. The molecule has 3 aliphatic carbocycles. The van der Waals surface area contributed by atoms with E-state index in [0.29, 0.717) is 12.3 Å². The SMILES string of the molecule is CC(C)=CCc1ccc2c3c([nH]c2c1)[C@@]1(C)[C@@H](CCC2[C@@]4(O)C[C@@H]5O[C@H](C6OC6(C)C)OC(C)(C)[C@H]5OC4CC[C@@]21C)C3. The fourth-order valence-electron chi connectivity index (χ4n) is 10.7. The van der Waals surface area contributed by atoms with Gasteiger partial charge in [-0.1, -0.05) is 37.6 Å². The lowest BCUT2D eigenvalue weighted by Gasteiger charge is -2.67. The summed E-state index contributed by atoms with van der Waals surface area (Å²) in [6, 6.07) is 7.02. The summed E-state index contributed by atoms with van der Waals surface area (Å²) in [5.41, 5.74) is 5.11. The van der Waals surface area contributed by atoms with Crippen molar-refractivity contribution in [1.82, 2.24) is 4.98 Å². The number of epoxide rings is 1. The Balaban J connectivity index is 1.13. The van der Waals surface area contributed by atoms with Gasteiger partial charge in [-0.2, -0.15) is 0 Å². The van der Waals surface area contributed by atoms with Gasteiger partial charge in [-0.15, -0.1) is 0 Å². The molecule has 43 heavy (non-hydrogen) atoms. The largest absolute Gasteiger partial charge is 0.387 e. The lowest BCUT2D eigenvalue weighted by atomic mass is 9.42. The minimum atomic E-state index is -0.938. The highest BCUT2D eigenvalue weighted by Crippen LogP contribution is 2.69. The second-order valence-electron chi connectivity index (χ2n) is 16.7. The van der Waals surface area contributed by atoms with Gasteiger partial charge in [0.25, 0.3) is 0 Å². The lowest BCUT2D eigenvalue weighted by molar-refractivity contribution is -0.380. The third kappa shape index (κ3) is 3.89. The summed E-state index contributed by atoms with van der Waals surface area (Å²) in [5, 5.41) is 14.3. The summed E-state index contributed by atoms with van der Waals surface area (Å²) in [4.78, 5) is 3.99. The summed E-state index contributed by atoms with van der Waals surface area (Å²) in [7, 11) is 0. The number of nitrogens with one attached hydrogen (secondary N) is 1. The molecule has 1 aromatic carbocycles. The van der Waals surface area contributed by atoms with Gasteiger partial charge in [-0.25, -0.2) is 0 Å². The van der Waals surface area contributed by atoms with E-state index in [1.807, 2.05) is 0 Å². The van der Waals surface area contributed by atoms with Crippen LogP contribution in [0, 0.1) is 17.3 Å². The number of aliphatic hydroxyl groups is 1. The average molecular weight is 590 g/mol. The summed E-state index contributed by atoms with van der Waals surface area (Å²) in [6.45, 7) is 17.7. The predicted octanol–water partition coefficient (Wildman–Crippen LogP) is 6.90. The fourth-order valence-corrected chi connectivity index (χ4v) is 10.7. The third-order valence-corrected chi connectivity index (χ3v) is 13.2. The zero-order chi connectivity index (χ0) is 30.3. The van der Waals surface area contributed by atoms with Crippen LogP contribution in [0.15, 0.2) is 29.8 Å².